The Hall–Kier alpha value is -2.49. The summed E-state index contributed by atoms with van der Waals surface area (Å²) in [7, 11) is 0. The Kier molecular flexibility index (Phi) is 3.43. The van der Waals surface area contributed by atoms with Gasteiger partial charge in [0.1, 0.15) is 17.7 Å². The predicted molar refractivity (Wildman–Crippen MR) is 86.5 cm³/mol. The van der Waals surface area contributed by atoms with Crippen LogP contribution in [0.4, 0.5) is 5.82 Å². The number of hydrogen-bond donors (Lipinski definition) is 0. The summed E-state index contributed by atoms with van der Waals surface area (Å²) < 4.78 is 11.3. The lowest BCUT2D eigenvalue weighted by atomic mass is 10.1. The van der Waals surface area contributed by atoms with Crippen LogP contribution >= 0.6 is 0 Å². The number of aromatic nitrogens is 1. The second kappa shape index (κ2) is 5.72. The van der Waals surface area contributed by atoms with E-state index in [-0.39, 0.29) is 0 Å². The van der Waals surface area contributed by atoms with Crippen LogP contribution in [-0.4, -0.2) is 24.9 Å². The molecule has 0 radical (unpaired) electrons. The number of rotatable bonds is 4. The molecular formula is C18H18N2O2. The van der Waals surface area contributed by atoms with E-state index in [1.165, 1.54) is 5.56 Å². The quantitative estimate of drug-likeness (QED) is 0.736. The van der Waals surface area contributed by atoms with Gasteiger partial charge in [-0.2, -0.15) is 0 Å². The summed E-state index contributed by atoms with van der Waals surface area (Å²) in [5.74, 6) is 1.79. The minimum absolute atomic E-state index is 0.681. The largest absolute Gasteiger partial charge is 0.491 e. The summed E-state index contributed by atoms with van der Waals surface area (Å²) in [6, 6.07) is 16.4. The van der Waals surface area contributed by atoms with Crippen molar-refractivity contribution in [3.8, 4) is 5.75 Å². The van der Waals surface area contributed by atoms with E-state index < -0.39 is 0 Å². The smallest absolute Gasteiger partial charge is 0.183 e. The van der Waals surface area contributed by atoms with E-state index in [0.29, 0.717) is 6.61 Å². The van der Waals surface area contributed by atoms with Crippen molar-refractivity contribution in [3.05, 3.63) is 54.1 Å². The first-order chi connectivity index (χ1) is 10.9. The first-order valence-electron chi connectivity index (χ1n) is 7.72. The second-order valence-electron chi connectivity index (χ2n) is 5.56. The molecule has 0 saturated carbocycles. The minimum atomic E-state index is 0.681. The van der Waals surface area contributed by atoms with Gasteiger partial charge in [-0.25, -0.2) is 0 Å². The molecule has 0 aliphatic carbocycles. The van der Waals surface area contributed by atoms with Crippen LogP contribution in [0.2, 0.25) is 0 Å². The zero-order valence-corrected chi connectivity index (χ0v) is 12.4. The second-order valence-corrected chi connectivity index (χ2v) is 5.56. The van der Waals surface area contributed by atoms with E-state index in [4.69, 9.17) is 9.26 Å². The van der Waals surface area contributed by atoms with Crippen molar-refractivity contribution >= 4 is 16.8 Å². The molecule has 0 fully saturated rings. The molecule has 112 valence electrons. The molecule has 1 aliphatic heterocycles. The first kappa shape index (κ1) is 13.2. The van der Waals surface area contributed by atoms with Crippen LogP contribution in [0.1, 0.15) is 12.0 Å². The van der Waals surface area contributed by atoms with Crippen LogP contribution < -0.4 is 9.64 Å². The SMILES string of the molecule is c1ccc(CCCN2CCOc3cccc4onc2c34)cc1. The van der Waals surface area contributed by atoms with Crippen molar-refractivity contribution in [1.29, 1.82) is 0 Å². The number of benzene rings is 2. The Morgan fingerprint density at radius 1 is 1.05 bits per heavy atom. The van der Waals surface area contributed by atoms with Gasteiger partial charge in [-0.05, 0) is 30.5 Å². The molecular weight excluding hydrogens is 276 g/mol. The molecule has 2 heterocycles. The molecule has 3 aromatic rings. The molecule has 0 amide bonds. The van der Waals surface area contributed by atoms with Gasteiger partial charge in [0, 0.05) is 6.54 Å². The highest BCUT2D eigenvalue weighted by molar-refractivity contribution is 5.94. The van der Waals surface area contributed by atoms with Gasteiger partial charge >= 0.3 is 0 Å². The van der Waals surface area contributed by atoms with E-state index in [9.17, 15) is 0 Å². The van der Waals surface area contributed by atoms with E-state index in [0.717, 1.165) is 48.5 Å². The van der Waals surface area contributed by atoms with Gasteiger partial charge in [0.15, 0.2) is 11.4 Å². The van der Waals surface area contributed by atoms with Gasteiger partial charge < -0.3 is 14.2 Å². The highest BCUT2D eigenvalue weighted by Crippen LogP contribution is 2.35. The van der Waals surface area contributed by atoms with Crippen LogP contribution in [0.3, 0.4) is 0 Å². The number of hydrogen-bond acceptors (Lipinski definition) is 4. The van der Waals surface area contributed by atoms with Crippen LogP contribution in [-0.2, 0) is 6.42 Å². The molecule has 22 heavy (non-hydrogen) atoms. The molecule has 4 rings (SSSR count). The molecule has 0 saturated heterocycles. The van der Waals surface area contributed by atoms with Gasteiger partial charge in [-0.15, -0.1) is 0 Å². The summed E-state index contributed by atoms with van der Waals surface area (Å²) in [5, 5.41) is 5.26. The Morgan fingerprint density at radius 3 is 2.86 bits per heavy atom. The zero-order valence-electron chi connectivity index (χ0n) is 12.4. The maximum Gasteiger partial charge on any atom is 0.183 e. The topological polar surface area (TPSA) is 38.5 Å². The molecule has 0 bridgehead atoms. The van der Waals surface area contributed by atoms with Crippen molar-refractivity contribution in [3.63, 3.8) is 0 Å². The third kappa shape index (κ3) is 2.41. The fraction of sp³-hybridized carbons (Fsp3) is 0.278. The molecule has 2 aromatic carbocycles. The van der Waals surface area contributed by atoms with Crippen molar-refractivity contribution in [2.24, 2.45) is 0 Å². The highest BCUT2D eigenvalue weighted by atomic mass is 16.5. The molecule has 0 unspecified atom stereocenters. The Labute approximate surface area is 129 Å². The van der Waals surface area contributed by atoms with Crippen molar-refractivity contribution < 1.29 is 9.26 Å². The molecule has 4 heteroatoms. The number of ether oxygens (including phenoxy) is 1. The van der Waals surface area contributed by atoms with Crippen molar-refractivity contribution in [1.82, 2.24) is 5.16 Å². The first-order valence-corrected chi connectivity index (χ1v) is 7.72. The maximum atomic E-state index is 5.83. The van der Waals surface area contributed by atoms with Gasteiger partial charge in [0.25, 0.3) is 0 Å². The molecule has 4 nitrogen and oxygen atoms in total. The standard InChI is InChI=1S/C18H18N2O2/c1-2-6-14(7-3-1)8-5-11-20-12-13-21-15-9-4-10-16-17(15)18(20)19-22-16/h1-4,6-7,9-10H,5,8,11-13H2. The maximum absolute atomic E-state index is 5.83. The minimum Gasteiger partial charge on any atom is -0.491 e. The van der Waals surface area contributed by atoms with E-state index in [1.807, 2.05) is 18.2 Å². The van der Waals surface area contributed by atoms with Gasteiger partial charge in [-0.3, -0.25) is 0 Å². The fourth-order valence-electron chi connectivity index (χ4n) is 2.99. The Bertz CT molecular complexity index is 767. The van der Waals surface area contributed by atoms with Crippen molar-refractivity contribution in [2.45, 2.75) is 12.8 Å². The average molecular weight is 294 g/mol. The van der Waals surface area contributed by atoms with Crippen LogP contribution in [0.15, 0.2) is 53.1 Å². The number of aryl methyl sites for hydroxylation is 1. The van der Waals surface area contributed by atoms with Gasteiger partial charge in [-0.1, -0.05) is 41.6 Å². The highest BCUT2D eigenvalue weighted by Gasteiger charge is 2.22. The van der Waals surface area contributed by atoms with Crippen LogP contribution in [0.25, 0.3) is 11.0 Å². The van der Waals surface area contributed by atoms with E-state index in [1.54, 1.807) is 0 Å². The molecule has 0 N–H and O–H groups in total. The van der Waals surface area contributed by atoms with Gasteiger partial charge in [0.2, 0.25) is 0 Å². The van der Waals surface area contributed by atoms with Crippen LogP contribution in [0.5, 0.6) is 5.75 Å². The lowest BCUT2D eigenvalue weighted by Crippen LogP contribution is -2.28. The Balaban J connectivity index is 1.52. The molecule has 0 atom stereocenters. The monoisotopic (exact) mass is 294 g/mol. The number of nitrogens with zero attached hydrogens (tertiary/aromatic N) is 2. The lowest BCUT2D eigenvalue weighted by molar-refractivity contribution is 0.329. The normalized spacial score (nSPS) is 13.9. The predicted octanol–water partition coefficient (Wildman–Crippen LogP) is 3.66. The van der Waals surface area contributed by atoms with E-state index in [2.05, 4.69) is 40.4 Å². The average Bonchev–Trinajstić information content (AvgIpc) is 2.90. The third-order valence-electron chi connectivity index (χ3n) is 4.10. The third-order valence-corrected chi connectivity index (χ3v) is 4.10. The summed E-state index contributed by atoms with van der Waals surface area (Å²) >= 11 is 0. The lowest BCUT2D eigenvalue weighted by Gasteiger charge is -2.19. The molecule has 1 aliphatic rings. The van der Waals surface area contributed by atoms with E-state index >= 15 is 0 Å². The Morgan fingerprint density at radius 2 is 1.95 bits per heavy atom. The summed E-state index contributed by atoms with van der Waals surface area (Å²) in [5.41, 5.74) is 2.17. The molecule has 1 aromatic heterocycles. The van der Waals surface area contributed by atoms with Gasteiger partial charge in [0.05, 0.1) is 6.54 Å². The summed E-state index contributed by atoms with van der Waals surface area (Å²) in [6.07, 6.45) is 2.15. The summed E-state index contributed by atoms with van der Waals surface area (Å²) in [6.45, 7) is 2.47. The summed E-state index contributed by atoms with van der Waals surface area (Å²) in [4.78, 5) is 2.27. The molecule has 0 spiro atoms. The van der Waals surface area contributed by atoms with Crippen LogP contribution in [0, 0.1) is 0 Å². The number of anilines is 1. The fourth-order valence-corrected chi connectivity index (χ4v) is 2.99. The zero-order chi connectivity index (χ0) is 14.8. The van der Waals surface area contributed by atoms with Crippen molar-refractivity contribution in [2.75, 3.05) is 24.6 Å².